The highest BCUT2D eigenvalue weighted by atomic mass is 19.1. The summed E-state index contributed by atoms with van der Waals surface area (Å²) < 4.78 is 14.2. The molecule has 0 radical (unpaired) electrons. The summed E-state index contributed by atoms with van der Waals surface area (Å²) >= 11 is 0. The van der Waals surface area contributed by atoms with Gasteiger partial charge in [0.15, 0.2) is 5.82 Å². The van der Waals surface area contributed by atoms with Gasteiger partial charge in [0.2, 0.25) is 5.95 Å². The molecular formula is C18H17FN8. The molecule has 27 heavy (non-hydrogen) atoms. The highest BCUT2D eigenvalue weighted by molar-refractivity contribution is 5.75. The van der Waals surface area contributed by atoms with Crippen molar-refractivity contribution in [1.82, 2.24) is 30.1 Å². The van der Waals surface area contributed by atoms with E-state index in [1.54, 1.807) is 24.7 Å². The predicted molar refractivity (Wildman–Crippen MR) is 99.3 cm³/mol. The largest absolute Gasteiger partial charge is 0.350 e. The Morgan fingerprint density at radius 2 is 2.07 bits per heavy atom. The van der Waals surface area contributed by atoms with Crippen molar-refractivity contribution in [1.29, 1.82) is 0 Å². The van der Waals surface area contributed by atoms with Gasteiger partial charge in [-0.05, 0) is 31.0 Å². The molecule has 8 nitrogen and oxygen atoms in total. The molecule has 4 aromatic rings. The average molecular weight is 364 g/mol. The SMILES string of the molecule is Fc1cc2[nH]cnc2cc1CNc1nccc(Nc2cc(C3CC3)[nH]n2)n1. The lowest BCUT2D eigenvalue weighted by Crippen LogP contribution is -2.06. The van der Waals surface area contributed by atoms with Gasteiger partial charge in [-0.1, -0.05) is 0 Å². The summed E-state index contributed by atoms with van der Waals surface area (Å²) in [6.45, 7) is 0.256. The van der Waals surface area contributed by atoms with E-state index in [2.05, 4.69) is 40.8 Å². The zero-order valence-corrected chi connectivity index (χ0v) is 14.3. The van der Waals surface area contributed by atoms with E-state index in [0.717, 1.165) is 17.0 Å². The lowest BCUT2D eigenvalue weighted by Gasteiger charge is -2.08. The molecule has 3 heterocycles. The Morgan fingerprint density at radius 3 is 2.96 bits per heavy atom. The van der Waals surface area contributed by atoms with E-state index in [4.69, 9.17) is 0 Å². The van der Waals surface area contributed by atoms with E-state index in [1.165, 1.54) is 18.9 Å². The van der Waals surface area contributed by atoms with Crippen molar-refractivity contribution in [3.8, 4) is 0 Å². The number of aromatic nitrogens is 6. The minimum absolute atomic E-state index is 0.256. The highest BCUT2D eigenvalue weighted by Crippen LogP contribution is 2.39. The molecule has 1 aliphatic rings. The zero-order valence-electron chi connectivity index (χ0n) is 14.3. The first kappa shape index (κ1) is 15.7. The van der Waals surface area contributed by atoms with E-state index in [-0.39, 0.29) is 12.4 Å². The van der Waals surface area contributed by atoms with E-state index < -0.39 is 0 Å². The van der Waals surface area contributed by atoms with Crippen molar-refractivity contribution in [2.24, 2.45) is 0 Å². The summed E-state index contributed by atoms with van der Waals surface area (Å²) in [6.07, 6.45) is 5.61. The molecular weight excluding hydrogens is 347 g/mol. The number of benzene rings is 1. The first-order chi connectivity index (χ1) is 13.2. The fourth-order valence-corrected chi connectivity index (χ4v) is 2.96. The number of imidazole rings is 1. The fourth-order valence-electron chi connectivity index (χ4n) is 2.96. The molecule has 136 valence electrons. The van der Waals surface area contributed by atoms with Crippen molar-refractivity contribution >= 4 is 28.6 Å². The molecule has 1 fully saturated rings. The molecule has 0 amide bonds. The zero-order chi connectivity index (χ0) is 18.2. The Balaban J connectivity index is 1.28. The number of nitrogens with zero attached hydrogens (tertiary/aromatic N) is 4. The van der Waals surface area contributed by atoms with Crippen LogP contribution in [0.15, 0.2) is 36.8 Å². The van der Waals surface area contributed by atoms with Crippen LogP contribution < -0.4 is 10.6 Å². The van der Waals surface area contributed by atoms with Gasteiger partial charge in [-0.2, -0.15) is 10.1 Å². The second kappa shape index (κ2) is 6.35. The average Bonchev–Trinajstić information content (AvgIpc) is 3.25. The van der Waals surface area contributed by atoms with Crippen molar-refractivity contribution in [2.75, 3.05) is 10.6 Å². The number of fused-ring (bicyclic) bond motifs is 1. The van der Waals surface area contributed by atoms with Crippen molar-refractivity contribution in [2.45, 2.75) is 25.3 Å². The predicted octanol–water partition coefficient (Wildman–Crippen LogP) is 3.45. The van der Waals surface area contributed by atoms with Gasteiger partial charge in [-0.15, -0.1) is 0 Å². The number of hydrogen-bond acceptors (Lipinski definition) is 6. The molecule has 0 unspecified atom stereocenters. The van der Waals surface area contributed by atoms with Crippen LogP contribution in [0.25, 0.3) is 11.0 Å². The topological polar surface area (TPSA) is 107 Å². The molecule has 3 aromatic heterocycles. The van der Waals surface area contributed by atoms with Gasteiger partial charge < -0.3 is 15.6 Å². The maximum Gasteiger partial charge on any atom is 0.224 e. The maximum atomic E-state index is 14.2. The molecule has 0 bridgehead atoms. The first-order valence-corrected chi connectivity index (χ1v) is 8.75. The second-order valence-corrected chi connectivity index (χ2v) is 6.59. The molecule has 0 aliphatic heterocycles. The summed E-state index contributed by atoms with van der Waals surface area (Å²) in [6, 6.07) is 6.90. The Bertz CT molecular complexity index is 1100. The van der Waals surface area contributed by atoms with Gasteiger partial charge in [0.25, 0.3) is 0 Å². The van der Waals surface area contributed by atoms with Crippen LogP contribution in [0.1, 0.15) is 30.0 Å². The molecule has 9 heteroatoms. The number of rotatable bonds is 6. The van der Waals surface area contributed by atoms with Gasteiger partial charge in [-0.3, -0.25) is 5.10 Å². The summed E-state index contributed by atoms with van der Waals surface area (Å²) in [5.74, 6) is 2.04. The molecule has 5 rings (SSSR count). The lowest BCUT2D eigenvalue weighted by atomic mass is 10.2. The summed E-state index contributed by atoms with van der Waals surface area (Å²) in [7, 11) is 0. The number of halogens is 1. The van der Waals surface area contributed by atoms with Crippen LogP contribution in [0.3, 0.4) is 0 Å². The number of hydrogen-bond donors (Lipinski definition) is 4. The van der Waals surface area contributed by atoms with Gasteiger partial charge in [0.05, 0.1) is 17.4 Å². The minimum atomic E-state index is -0.308. The van der Waals surface area contributed by atoms with Crippen LogP contribution in [0, 0.1) is 5.82 Å². The molecule has 1 aliphatic carbocycles. The van der Waals surface area contributed by atoms with Crippen LogP contribution in [0.4, 0.5) is 22.0 Å². The van der Waals surface area contributed by atoms with E-state index in [0.29, 0.717) is 28.8 Å². The van der Waals surface area contributed by atoms with Crippen molar-refractivity contribution < 1.29 is 4.39 Å². The smallest absolute Gasteiger partial charge is 0.224 e. The quantitative estimate of drug-likeness (QED) is 0.417. The monoisotopic (exact) mass is 364 g/mol. The third-order valence-electron chi connectivity index (χ3n) is 4.55. The van der Waals surface area contributed by atoms with Crippen LogP contribution in [-0.2, 0) is 6.54 Å². The van der Waals surface area contributed by atoms with Crippen LogP contribution >= 0.6 is 0 Å². The van der Waals surface area contributed by atoms with Crippen LogP contribution in [0.2, 0.25) is 0 Å². The van der Waals surface area contributed by atoms with Gasteiger partial charge in [0.1, 0.15) is 11.6 Å². The third kappa shape index (κ3) is 3.31. The van der Waals surface area contributed by atoms with Gasteiger partial charge >= 0.3 is 0 Å². The Hall–Kier alpha value is -3.49. The lowest BCUT2D eigenvalue weighted by molar-refractivity contribution is 0.614. The Kier molecular flexibility index (Phi) is 3.70. The number of H-pyrrole nitrogens is 2. The third-order valence-corrected chi connectivity index (χ3v) is 4.55. The van der Waals surface area contributed by atoms with E-state index in [1.807, 2.05) is 6.07 Å². The molecule has 0 atom stereocenters. The number of nitrogens with one attached hydrogen (secondary N) is 4. The first-order valence-electron chi connectivity index (χ1n) is 8.75. The van der Waals surface area contributed by atoms with Gasteiger partial charge in [-0.25, -0.2) is 14.4 Å². The highest BCUT2D eigenvalue weighted by Gasteiger charge is 2.25. The summed E-state index contributed by atoms with van der Waals surface area (Å²) in [5.41, 5.74) is 3.03. The van der Waals surface area contributed by atoms with Gasteiger partial charge in [0, 0.05) is 36.0 Å². The van der Waals surface area contributed by atoms with Crippen LogP contribution in [-0.4, -0.2) is 30.1 Å². The fraction of sp³-hybridized carbons (Fsp3) is 0.222. The van der Waals surface area contributed by atoms with Crippen molar-refractivity contribution in [3.63, 3.8) is 0 Å². The second-order valence-electron chi connectivity index (χ2n) is 6.59. The van der Waals surface area contributed by atoms with E-state index >= 15 is 0 Å². The summed E-state index contributed by atoms with van der Waals surface area (Å²) in [5, 5.41) is 13.5. The Labute approximate surface area is 153 Å². The molecule has 1 saturated carbocycles. The molecule has 1 aromatic carbocycles. The maximum absolute atomic E-state index is 14.2. The van der Waals surface area contributed by atoms with Crippen molar-refractivity contribution in [3.05, 3.63) is 53.9 Å². The normalized spacial score (nSPS) is 13.8. The summed E-state index contributed by atoms with van der Waals surface area (Å²) in [4.78, 5) is 15.6. The standard InChI is InChI=1S/C18H17FN8/c19-12-6-15-14(22-9-23-15)5-11(12)8-21-18-20-4-3-16(25-18)24-17-7-13(26-27-17)10-1-2-10/h3-7,9-10H,1-2,8H2,(H,22,23)(H3,20,21,24,25,26,27). The number of aromatic amines is 2. The minimum Gasteiger partial charge on any atom is -0.350 e. The number of anilines is 3. The molecule has 0 saturated heterocycles. The molecule has 0 spiro atoms. The molecule has 4 N–H and O–H groups in total. The van der Waals surface area contributed by atoms with E-state index in [9.17, 15) is 4.39 Å². The Morgan fingerprint density at radius 1 is 1.15 bits per heavy atom. The van der Waals surface area contributed by atoms with Crippen LogP contribution in [0.5, 0.6) is 0 Å².